The molecular formula is C23H33N5O2. The first-order valence-electron chi connectivity index (χ1n) is 10.8. The Hall–Kier alpha value is -2.83. The molecule has 3 rings (SSSR count). The fraction of sp³-hybridized carbons (Fsp3) is 0.522. The van der Waals surface area contributed by atoms with Gasteiger partial charge in [0.25, 0.3) is 0 Å². The first-order chi connectivity index (χ1) is 14.5. The first kappa shape index (κ1) is 21.9. The highest BCUT2D eigenvalue weighted by Gasteiger charge is 2.34. The molecule has 162 valence electrons. The number of rotatable bonds is 10. The van der Waals surface area contributed by atoms with Crippen LogP contribution in [-0.4, -0.2) is 41.4 Å². The second-order valence-electron chi connectivity index (χ2n) is 7.98. The highest BCUT2D eigenvalue weighted by atomic mass is 16.5. The number of carbonyl (C=O) groups is 1. The summed E-state index contributed by atoms with van der Waals surface area (Å²) in [4.78, 5) is 19.4. The van der Waals surface area contributed by atoms with Crippen molar-refractivity contribution in [2.24, 2.45) is 0 Å². The van der Waals surface area contributed by atoms with Gasteiger partial charge in [0, 0.05) is 25.5 Å². The number of esters is 1. The molecule has 2 heterocycles. The molecule has 7 heteroatoms. The molecule has 0 bridgehead atoms. The molecule has 0 fully saturated rings. The third-order valence-corrected chi connectivity index (χ3v) is 5.47. The Kier molecular flexibility index (Phi) is 7.49. The maximum Gasteiger partial charge on any atom is 0.338 e. The summed E-state index contributed by atoms with van der Waals surface area (Å²) >= 11 is 0. The zero-order chi connectivity index (χ0) is 21.5. The molecule has 1 aliphatic heterocycles. The lowest BCUT2D eigenvalue weighted by atomic mass is 9.95. The van der Waals surface area contributed by atoms with Gasteiger partial charge in [-0.2, -0.15) is 10.1 Å². The number of benzene rings is 1. The van der Waals surface area contributed by atoms with Crippen molar-refractivity contribution >= 4 is 17.6 Å². The Morgan fingerprint density at radius 2 is 1.83 bits per heavy atom. The summed E-state index contributed by atoms with van der Waals surface area (Å²) in [5, 5.41) is 7.55. The van der Waals surface area contributed by atoms with Gasteiger partial charge in [-0.1, -0.05) is 51.2 Å². The molecule has 0 spiro atoms. The van der Waals surface area contributed by atoms with E-state index < -0.39 is 0 Å². The van der Waals surface area contributed by atoms with Crippen LogP contribution in [0, 0.1) is 0 Å². The van der Waals surface area contributed by atoms with E-state index in [2.05, 4.69) is 22.3 Å². The van der Waals surface area contributed by atoms with E-state index in [9.17, 15) is 4.79 Å². The average molecular weight is 412 g/mol. The van der Waals surface area contributed by atoms with Gasteiger partial charge in [0.05, 0.1) is 12.2 Å². The van der Waals surface area contributed by atoms with Crippen molar-refractivity contribution < 1.29 is 9.53 Å². The van der Waals surface area contributed by atoms with Gasteiger partial charge in [0.2, 0.25) is 5.95 Å². The molecule has 1 aliphatic rings. The van der Waals surface area contributed by atoms with Gasteiger partial charge in [-0.15, -0.1) is 0 Å². The number of ether oxygens (including phenoxy) is 1. The van der Waals surface area contributed by atoms with Gasteiger partial charge in [-0.3, -0.25) is 0 Å². The number of fused-ring (bicyclic) bond motifs is 1. The Morgan fingerprint density at radius 3 is 2.53 bits per heavy atom. The van der Waals surface area contributed by atoms with E-state index >= 15 is 0 Å². The molecule has 0 saturated heterocycles. The second-order valence-corrected chi connectivity index (χ2v) is 7.98. The number of aromatic nitrogens is 3. The van der Waals surface area contributed by atoms with Crippen LogP contribution in [0.15, 0.2) is 41.9 Å². The smallest absolute Gasteiger partial charge is 0.338 e. The molecule has 2 aromatic rings. The van der Waals surface area contributed by atoms with Crippen LogP contribution in [-0.2, 0) is 9.53 Å². The van der Waals surface area contributed by atoms with Gasteiger partial charge < -0.3 is 15.0 Å². The average Bonchev–Trinajstić information content (AvgIpc) is 3.20. The number of unbranched alkanes of at least 4 members (excludes halogenated alkanes) is 5. The van der Waals surface area contributed by atoms with Crippen LogP contribution < -0.4 is 10.2 Å². The number of nitrogens with one attached hydrogen (secondary N) is 1. The standard InChI is InChI=1S/C23H33N5O2/c1-5-6-7-8-9-10-15-30-22(29)20-17(2)26-23-24-16-25-28(23)21(20)18-11-13-19(14-12-18)27(3)4/h11-14,16,21H,5-10,15H2,1-4H3,(H,24,25,26)/t21-/m1/s1. The lowest BCUT2D eigenvalue weighted by Gasteiger charge is -2.28. The monoisotopic (exact) mass is 411 g/mol. The Balaban J connectivity index is 1.74. The zero-order valence-electron chi connectivity index (χ0n) is 18.5. The molecule has 0 aliphatic carbocycles. The number of nitrogens with zero attached hydrogens (tertiary/aromatic N) is 4. The minimum atomic E-state index is -0.364. The van der Waals surface area contributed by atoms with Crippen molar-refractivity contribution in [3.05, 3.63) is 47.4 Å². The summed E-state index contributed by atoms with van der Waals surface area (Å²) in [6.07, 6.45) is 8.43. The molecular weight excluding hydrogens is 378 g/mol. The van der Waals surface area contributed by atoms with E-state index in [1.54, 1.807) is 4.68 Å². The molecule has 0 saturated carbocycles. The fourth-order valence-corrected chi connectivity index (χ4v) is 3.74. The van der Waals surface area contributed by atoms with Crippen molar-refractivity contribution in [1.29, 1.82) is 0 Å². The van der Waals surface area contributed by atoms with Gasteiger partial charge in [-0.05, 0) is 31.0 Å². The highest BCUT2D eigenvalue weighted by molar-refractivity contribution is 5.92. The van der Waals surface area contributed by atoms with E-state index in [1.165, 1.54) is 32.0 Å². The minimum absolute atomic E-state index is 0.295. The maximum atomic E-state index is 13.0. The quantitative estimate of drug-likeness (QED) is 0.457. The van der Waals surface area contributed by atoms with Gasteiger partial charge in [0.15, 0.2) is 0 Å². The van der Waals surface area contributed by atoms with E-state index in [1.807, 2.05) is 50.2 Å². The molecule has 0 unspecified atom stereocenters. The van der Waals surface area contributed by atoms with Crippen molar-refractivity contribution in [2.75, 3.05) is 30.9 Å². The van der Waals surface area contributed by atoms with Crippen LogP contribution in [0.5, 0.6) is 0 Å². The number of carbonyl (C=O) groups excluding carboxylic acids is 1. The van der Waals surface area contributed by atoms with Crippen LogP contribution in [0.3, 0.4) is 0 Å². The predicted octanol–water partition coefficient (Wildman–Crippen LogP) is 4.54. The maximum absolute atomic E-state index is 13.0. The Morgan fingerprint density at radius 1 is 1.13 bits per heavy atom. The Bertz CT molecular complexity index is 870. The largest absolute Gasteiger partial charge is 0.462 e. The first-order valence-corrected chi connectivity index (χ1v) is 10.8. The zero-order valence-corrected chi connectivity index (χ0v) is 18.5. The van der Waals surface area contributed by atoms with Crippen molar-refractivity contribution in [3.8, 4) is 0 Å². The van der Waals surface area contributed by atoms with Crippen LogP contribution >= 0.6 is 0 Å². The van der Waals surface area contributed by atoms with E-state index in [4.69, 9.17) is 4.74 Å². The molecule has 7 nitrogen and oxygen atoms in total. The summed E-state index contributed by atoms with van der Waals surface area (Å²) in [6, 6.07) is 7.79. The van der Waals surface area contributed by atoms with Crippen molar-refractivity contribution in [1.82, 2.24) is 14.8 Å². The SMILES string of the molecule is CCCCCCCCOC(=O)C1=C(C)Nc2ncnn2[C@@H]1c1ccc(N(C)C)cc1. The summed E-state index contributed by atoms with van der Waals surface area (Å²) in [7, 11) is 4.01. The predicted molar refractivity (Wildman–Crippen MR) is 120 cm³/mol. The van der Waals surface area contributed by atoms with Crippen LogP contribution in [0.2, 0.25) is 0 Å². The summed E-state index contributed by atoms with van der Waals surface area (Å²) in [5.41, 5.74) is 3.40. The Labute approximate surface area is 179 Å². The number of hydrogen-bond acceptors (Lipinski definition) is 6. The molecule has 1 atom stereocenters. The molecule has 1 aromatic heterocycles. The normalized spacial score (nSPS) is 15.5. The molecule has 1 N–H and O–H groups in total. The molecule has 0 amide bonds. The lowest BCUT2D eigenvalue weighted by molar-refractivity contribution is -0.139. The summed E-state index contributed by atoms with van der Waals surface area (Å²) < 4.78 is 7.41. The molecule has 1 aromatic carbocycles. The highest BCUT2D eigenvalue weighted by Crippen LogP contribution is 2.35. The molecule has 30 heavy (non-hydrogen) atoms. The van der Waals surface area contributed by atoms with Crippen LogP contribution in [0.1, 0.15) is 64.0 Å². The number of hydrogen-bond donors (Lipinski definition) is 1. The second kappa shape index (κ2) is 10.3. The summed E-state index contributed by atoms with van der Waals surface area (Å²) in [5.74, 6) is 0.332. The fourth-order valence-electron chi connectivity index (χ4n) is 3.74. The number of anilines is 2. The van der Waals surface area contributed by atoms with Crippen molar-refractivity contribution in [2.45, 2.75) is 58.4 Å². The van der Waals surface area contributed by atoms with Crippen LogP contribution in [0.25, 0.3) is 0 Å². The third kappa shape index (κ3) is 5.01. The van der Waals surface area contributed by atoms with E-state index in [0.29, 0.717) is 18.1 Å². The molecule has 0 radical (unpaired) electrons. The van der Waals surface area contributed by atoms with Gasteiger partial charge in [-0.25, -0.2) is 9.48 Å². The minimum Gasteiger partial charge on any atom is -0.462 e. The topological polar surface area (TPSA) is 72.3 Å². The third-order valence-electron chi connectivity index (χ3n) is 5.47. The number of allylic oxidation sites excluding steroid dienone is 1. The van der Waals surface area contributed by atoms with Crippen LogP contribution in [0.4, 0.5) is 11.6 Å². The van der Waals surface area contributed by atoms with Crippen molar-refractivity contribution in [3.63, 3.8) is 0 Å². The van der Waals surface area contributed by atoms with Gasteiger partial charge in [0.1, 0.15) is 12.4 Å². The van der Waals surface area contributed by atoms with E-state index in [-0.39, 0.29) is 12.0 Å². The van der Waals surface area contributed by atoms with E-state index in [0.717, 1.165) is 29.8 Å². The van der Waals surface area contributed by atoms with Gasteiger partial charge >= 0.3 is 5.97 Å². The lowest BCUT2D eigenvalue weighted by Crippen LogP contribution is -2.29. The summed E-state index contributed by atoms with van der Waals surface area (Å²) in [6.45, 7) is 4.54.